The fraction of sp³-hybridized carbons (Fsp3) is 0.231. The number of hydrogen-bond donors (Lipinski definition) is 1. The van der Waals surface area contributed by atoms with E-state index in [1.165, 1.54) is 29.2 Å². The number of nitrogens with one attached hydrogen (secondary N) is 1. The van der Waals surface area contributed by atoms with Gasteiger partial charge in [0.25, 0.3) is 0 Å². The standard InChI is InChI=1S/C13H13FN2OS2/c1-15-12(17)6-10-8-19-13(16-10)18-7-9-4-2-3-5-11(9)14/h2-5,8H,6-7H2,1H3,(H,15,17). The Morgan fingerprint density at radius 1 is 1.47 bits per heavy atom. The molecule has 3 nitrogen and oxygen atoms in total. The maximum Gasteiger partial charge on any atom is 0.225 e. The Morgan fingerprint density at radius 3 is 3.00 bits per heavy atom. The van der Waals surface area contributed by atoms with Gasteiger partial charge < -0.3 is 5.32 Å². The number of halogens is 1. The molecule has 1 aromatic heterocycles. The van der Waals surface area contributed by atoms with Crippen molar-refractivity contribution in [2.45, 2.75) is 16.5 Å². The zero-order valence-electron chi connectivity index (χ0n) is 10.4. The summed E-state index contributed by atoms with van der Waals surface area (Å²) in [6, 6.07) is 6.71. The van der Waals surface area contributed by atoms with Crippen LogP contribution in [0.15, 0.2) is 34.0 Å². The van der Waals surface area contributed by atoms with Crippen LogP contribution in [0.2, 0.25) is 0 Å². The van der Waals surface area contributed by atoms with Crippen molar-refractivity contribution in [3.63, 3.8) is 0 Å². The third kappa shape index (κ3) is 4.04. The molecule has 0 fully saturated rings. The molecule has 0 aliphatic heterocycles. The van der Waals surface area contributed by atoms with E-state index >= 15 is 0 Å². The van der Waals surface area contributed by atoms with Crippen molar-refractivity contribution in [2.75, 3.05) is 7.05 Å². The summed E-state index contributed by atoms with van der Waals surface area (Å²) in [6.07, 6.45) is 0.285. The second kappa shape index (κ2) is 6.68. The number of rotatable bonds is 5. The van der Waals surface area contributed by atoms with Gasteiger partial charge in [0, 0.05) is 18.2 Å². The van der Waals surface area contributed by atoms with Crippen LogP contribution in [0.4, 0.5) is 4.39 Å². The van der Waals surface area contributed by atoms with Crippen molar-refractivity contribution in [3.05, 3.63) is 46.7 Å². The monoisotopic (exact) mass is 296 g/mol. The highest BCUT2D eigenvalue weighted by Gasteiger charge is 2.08. The van der Waals surface area contributed by atoms with Gasteiger partial charge in [-0.1, -0.05) is 30.0 Å². The Morgan fingerprint density at radius 2 is 2.26 bits per heavy atom. The molecule has 0 aliphatic rings. The van der Waals surface area contributed by atoms with Crippen molar-refractivity contribution in [2.24, 2.45) is 0 Å². The van der Waals surface area contributed by atoms with Crippen LogP contribution in [0.25, 0.3) is 0 Å². The molecule has 0 bridgehead atoms. The summed E-state index contributed by atoms with van der Waals surface area (Å²) in [5, 5.41) is 4.42. The molecule has 2 rings (SSSR count). The normalized spacial score (nSPS) is 10.4. The highest BCUT2D eigenvalue weighted by atomic mass is 32.2. The van der Waals surface area contributed by atoms with E-state index in [0.29, 0.717) is 11.3 Å². The summed E-state index contributed by atoms with van der Waals surface area (Å²) in [7, 11) is 1.60. The Kier molecular flexibility index (Phi) is 4.93. The Hall–Kier alpha value is -1.40. The first-order valence-electron chi connectivity index (χ1n) is 5.70. The molecule has 6 heteroatoms. The van der Waals surface area contributed by atoms with E-state index in [1.807, 2.05) is 11.4 Å². The number of carbonyl (C=O) groups is 1. The third-order valence-electron chi connectivity index (χ3n) is 2.46. The van der Waals surface area contributed by atoms with Gasteiger partial charge in [-0.05, 0) is 11.6 Å². The summed E-state index contributed by atoms with van der Waals surface area (Å²) < 4.78 is 14.3. The predicted octanol–water partition coefficient (Wildman–Crippen LogP) is 2.86. The molecule has 0 saturated carbocycles. The lowest BCUT2D eigenvalue weighted by molar-refractivity contribution is -0.120. The van der Waals surface area contributed by atoms with Crippen molar-refractivity contribution >= 4 is 29.0 Å². The van der Waals surface area contributed by atoms with Gasteiger partial charge in [-0.25, -0.2) is 9.37 Å². The van der Waals surface area contributed by atoms with Crippen LogP contribution in [0.3, 0.4) is 0 Å². The number of aromatic nitrogens is 1. The number of thioether (sulfide) groups is 1. The summed E-state index contributed by atoms with van der Waals surface area (Å²) in [5.74, 6) is 0.285. The largest absolute Gasteiger partial charge is 0.359 e. The molecule has 1 aromatic carbocycles. The molecule has 1 amide bonds. The van der Waals surface area contributed by atoms with Gasteiger partial charge in [-0.15, -0.1) is 11.3 Å². The number of nitrogens with zero attached hydrogens (tertiary/aromatic N) is 1. The first-order chi connectivity index (χ1) is 9.19. The van der Waals surface area contributed by atoms with Gasteiger partial charge in [0.15, 0.2) is 0 Å². The molecule has 0 saturated heterocycles. The maximum atomic E-state index is 13.4. The smallest absolute Gasteiger partial charge is 0.225 e. The summed E-state index contributed by atoms with van der Waals surface area (Å²) in [4.78, 5) is 15.6. The van der Waals surface area contributed by atoms with Gasteiger partial charge in [0.05, 0.1) is 12.1 Å². The van der Waals surface area contributed by atoms with Crippen molar-refractivity contribution in [1.82, 2.24) is 10.3 Å². The van der Waals surface area contributed by atoms with E-state index in [0.717, 1.165) is 10.0 Å². The SMILES string of the molecule is CNC(=O)Cc1csc(SCc2ccccc2F)n1. The molecule has 100 valence electrons. The molecule has 0 atom stereocenters. The minimum Gasteiger partial charge on any atom is -0.359 e. The summed E-state index contributed by atoms with van der Waals surface area (Å²) in [5.41, 5.74) is 1.41. The number of amides is 1. The molecule has 0 spiro atoms. The van der Waals surface area contributed by atoms with Gasteiger partial charge in [-0.2, -0.15) is 0 Å². The van der Waals surface area contributed by atoms with E-state index < -0.39 is 0 Å². The molecule has 1 N–H and O–H groups in total. The zero-order valence-corrected chi connectivity index (χ0v) is 12.0. The van der Waals surface area contributed by atoms with Crippen LogP contribution in [0.1, 0.15) is 11.3 Å². The average molecular weight is 296 g/mol. The van der Waals surface area contributed by atoms with E-state index in [2.05, 4.69) is 10.3 Å². The second-order valence-electron chi connectivity index (χ2n) is 3.83. The molecule has 19 heavy (non-hydrogen) atoms. The fourth-order valence-corrected chi connectivity index (χ4v) is 3.27. The maximum absolute atomic E-state index is 13.4. The van der Waals surface area contributed by atoms with Gasteiger partial charge in [0.2, 0.25) is 5.91 Å². The highest BCUT2D eigenvalue weighted by molar-refractivity contribution is 8.00. The lowest BCUT2D eigenvalue weighted by Gasteiger charge is -2.00. The number of hydrogen-bond acceptors (Lipinski definition) is 4. The van der Waals surface area contributed by atoms with E-state index in [4.69, 9.17) is 0 Å². The number of thiazole rings is 1. The van der Waals surface area contributed by atoms with Crippen LogP contribution in [-0.4, -0.2) is 17.9 Å². The van der Waals surface area contributed by atoms with Gasteiger partial charge in [-0.3, -0.25) is 4.79 Å². The summed E-state index contributed by atoms with van der Waals surface area (Å²) in [6.45, 7) is 0. The first kappa shape index (κ1) is 14.0. The van der Waals surface area contributed by atoms with Crippen molar-refractivity contribution < 1.29 is 9.18 Å². The molecule has 0 unspecified atom stereocenters. The number of benzene rings is 1. The topological polar surface area (TPSA) is 42.0 Å². The predicted molar refractivity (Wildman–Crippen MR) is 75.8 cm³/mol. The third-order valence-corrected chi connectivity index (χ3v) is 4.58. The molecule has 0 aliphatic carbocycles. The first-order valence-corrected chi connectivity index (χ1v) is 7.56. The molecular formula is C13H13FN2OS2. The molecule has 2 aromatic rings. The second-order valence-corrected chi connectivity index (χ2v) is 5.92. The lowest BCUT2D eigenvalue weighted by atomic mass is 10.2. The fourth-order valence-electron chi connectivity index (χ4n) is 1.44. The van der Waals surface area contributed by atoms with Crippen LogP contribution >= 0.6 is 23.1 Å². The van der Waals surface area contributed by atoms with E-state index in [1.54, 1.807) is 19.2 Å². The minimum absolute atomic E-state index is 0.0593. The minimum atomic E-state index is -0.197. The average Bonchev–Trinajstić information content (AvgIpc) is 2.85. The Bertz CT molecular complexity index is 571. The highest BCUT2D eigenvalue weighted by Crippen LogP contribution is 2.27. The summed E-state index contributed by atoms with van der Waals surface area (Å²) >= 11 is 2.96. The lowest BCUT2D eigenvalue weighted by Crippen LogP contribution is -2.19. The van der Waals surface area contributed by atoms with Crippen molar-refractivity contribution in [1.29, 1.82) is 0 Å². The van der Waals surface area contributed by atoms with Gasteiger partial charge >= 0.3 is 0 Å². The van der Waals surface area contributed by atoms with Crippen LogP contribution in [-0.2, 0) is 17.0 Å². The quantitative estimate of drug-likeness (QED) is 0.863. The van der Waals surface area contributed by atoms with Crippen LogP contribution < -0.4 is 5.32 Å². The Balaban J connectivity index is 1.94. The molecular weight excluding hydrogens is 283 g/mol. The Labute approximate surface area is 119 Å². The molecule has 0 radical (unpaired) electrons. The zero-order chi connectivity index (χ0) is 13.7. The number of carbonyl (C=O) groups excluding carboxylic acids is 1. The molecule has 1 heterocycles. The van der Waals surface area contributed by atoms with Crippen LogP contribution in [0, 0.1) is 5.82 Å². The van der Waals surface area contributed by atoms with E-state index in [9.17, 15) is 9.18 Å². The van der Waals surface area contributed by atoms with Gasteiger partial charge in [0.1, 0.15) is 10.2 Å². The number of likely N-dealkylation sites (N-methyl/N-ethyl adjacent to an activating group) is 1. The van der Waals surface area contributed by atoms with Crippen molar-refractivity contribution in [3.8, 4) is 0 Å². The van der Waals surface area contributed by atoms with E-state index in [-0.39, 0.29) is 18.1 Å². The van der Waals surface area contributed by atoms with Crippen LogP contribution in [0.5, 0.6) is 0 Å².